The summed E-state index contributed by atoms with van der Waals surface area (Å²) in [5.41, 5.74) is 2.11. The second-order valence-corrected chi connectivity index (χ2v) is 8.17. The van der Waals surface area contributed by atoms with E-state index in [0.29, 0.717) is 12.2 Å². The normalized spacial score (nSPS) is 12.9. The van der Waals surface area contributed by atoms with Crippen LogP contribution in [0.2, 0.25) is 0 Å². The lowest BCUT2D eigenvalue weighted by Gasteiger charge is -2.18. The molecule has 0 spiro atoms. The van der Waals surface area contributed by atoms with E-state index in [-0.39, 0.29) is 10.9 Å². The van der Waals surface area contributed by atoms with Gasteiger partial charge in [-0.25, -0.2) is 13.1 Å². The van der Waals surface area contributed by atoms with Crippen molar-refractivity contribution in [3.05, 3.63) is 57.2 Å². The summed E-state index contributed by atoms with van der Waals surface area (Å²) in [4.78, 5) is 0.244. The molecule has 2 rings (SSSR count). The minimum Gasteiger partial charge on any atom is -0.496 e. The maximum absolute atomic E-state index is 12.6. The van der Waals surface area contributed by atoms with Gasteiger partial charge in [0.05, 0.1) is 15.6 Å². The molecule has 6 heteroatoms. The van der Waals surface area contributed by atoms with E-state index < -0.39 is 10.0 Å². The van der Waals surface area contributed by atoms with Crippen LogP contribution in [0.4, 0.5) is 0 Å². The number of hydrogen-bond acceptors (Lipinski definition) is 3. The minimum absolute atomic E-state index is 0.244. The van der Waals surface area contributed by atoms with Crippen molar-refractivity contribution >= 4 is 32.6 Å². The molecule has 0 heterocycles. The van der Waals surface area contributed by atoms with E-state index in [2.05, 4.69) is 27.3 Å². The van der Waals surface area contributed by atoms with E-state index in [0.717, 1.165) is 14.7 Å². The number of benzene rings is 2. The van der Waals surface area contributed by atoms with E-state index in [1.54, 1.807) is 25.3 Å². The zero-order valence-electron chi connectivity index (χ0n) is 13.3. The Labute approximate surface area is 151 Å². The molecule has 1 atom stereocenters. The fourth-order valence-electron chi connectivity index (χ4n) is 2.26. The Bertz CT molecular complexity index is 773. The van der Waals surface area contributed by atoms with Gasteiger partial charge < -0.3 is 4.74 Å². The number of sulfonamides is 1. The second-order valence-electron chi connectivity index (χ2n) is 5.29. The van der Waals surface area contributed by atoms with Crippen LogP contribution in [0.3, 0.4) is 0 Å². The quantitative estimate of drug-likeness (QED) is 0.684. The van der Waals surface area contributed by atoms with Crippen LogP contribution in [0.15, 0.2) is 47.4 Å². The third-order valence-electron chi connectivity index (χ3n) is 3.62. The number of rotatable bonds is 6. The van der Waals surface area contributed by atoms with Crippen molar-refractivity contribution in [3.8, 4) is 5.75 Å². The smallest absolute Gasteiger partial charge is 0.241 e. The Balaban J connectivity index is 2.28. The summed E-state index contributed by atoms with van der Waals surface area (Å²) >= 11 is 2.07. The summed E-state index contributed by atoms with van der Waals surface area (Å²) < 4.78 is 34.0. The highest BCUT2D eigenvalue weighted by atomic mass is 127. The zero-order chi connectivity index (χ0) is 17.0. The molecular formula is C17H20INO3S. The van der Waals surface area contributed by atoms with Crippen molar-refractivity contribution in [2.24, 2.45) is 0 Å². The molecule has 0 radical (unpaired) electrons. The number of aryl methyl sites for hydroxylation is 1. The Hall–Kier alpha value is -1.12. The van der Waals surface area contributed by atoms with Crippen molar-refractivity contribution in [3.63, 3.8) is 0 Å². The van der Waals surface area contributed by atoms with Gasteiger partial charge >= 0.3 is 0 Å². The van der Waals surface area contributed by atoms with Crippen LogP contribution in [0, 0.1) is 10.5 Å². The molecule has 0 aliphatic rings. The zero-order valence-corrected chi connectivity index (χ0v) is 16.3. The van der Waals surface area contributed by atoms with Crippen molar-refractivity contribution in [1.82, 2.24) is 4.72 Å². The maximum Gasteiger partial charge on any atom is 0.241 e. The molecule has 0 amide bonds. The van der Waals surface area contributed by atoms with E-state index >= 15 is 0 Å². The number of nitrogens with one attached hydrogen (secondary N) is 1. The van der Waals surface area contributed by atoms with Gasteiger partial charge in [0.25, 0.3) is 0 Å². The fourth-order valence-corrected chi connectivity index (χ4v) is 4.54. The van der Waals surface area contributed by atoms with Crippen LogP contribution in [0.1, 0.15) is 30.5 Å². The maximum atomic E-state index is 12.6. The third kappa shape index (κ3) is 4.45. The molecule has 0 saturated carbocycles. The van der Waals surface area contributed by atoms with Crippen molar-refractivity contribution in [2.45, 2.75) is 31.2 Å². The highest BCUT2D eigenvalue weighted by molar-refractivity contribution is 14.1. The third-order valence-corrected chi connectivity index (χ3v) is 5.93. The molecule has 0 aliphatic heterocycles. The number of hydrogen-bond donors (Lipinski definition) is 1. The molecule has 2 aromatic carbocycles. The summed E-state index contributed by atoms with van der Waals surface area (Å²) in [5, 5.41) is 0. The number of methoxy groups -OCH3 is 1. The minimum atomic E-state index is -3.59. The summed E-state index contributed by atoms with van der Waals surface area (Å²) in [6.45, 7) is 3.97. The topological polar surface area (TPSA) is 55.4 Å². The van der Waals surface area contributed by atoms with Gasteiger partial charge in [-0.1, -0.05) is 36.8 Å². The van der Waals surface area contributed by atoms with Gasteiger partial charge in [-0.05, 0) is 59.7 Å². The number of halogens is 1. The van der Waals surface area contributed by atoms with Crippen molar-refractivity contribution in [1.29, 1.82) is 0 Å². The van der Waals surface area contributed by atoms with Crippen molar-refractivity contribution in [2.75, 3.05) is 7.11 Å². The van der Waals surface area contributed by atoms with Crippen LogP contribution in [-0.4, -0.2) is 15.5 Å². The largest absolute Gasteiger partial charge is 0.496 e. The Morgan fingerprint density at radius 3 is 2.35 bits per heavy atom. The molecule has 0 fully saturated rings. The molecule has 124 valence electrons. The Kier molecular flexibility index (Phi) is 6.05. The van der Waals surface area contributed by atoms with Gasteiger partial charge in [-0.15, -0.1) is 0 Å². The molecule has 0 unspecified atom stereocenters. The first-order valence-electron chi connectivity index (χ1n) is 7.30. The number of ether oxygens (including phenoxy) is 1. The summed E-state index contributed by atoms with van der Waals surface area (Å²) in [6, 6.07) is 12.5. The van der Waals surface area contributed by atoms with E-state index in [4.69, 9.17) is 4.74 Å². The van der Waals surface area contributed by atoms with Gasteiger partial charge in [0.1, 0.15) is 5.75 Å². The van der Waals surface area contributed by atoms with Crippen LogP contribution < -0.4 is 9.46 Å². The fraction of sp³-hybridized carbons (Fsp3) is 0.294. The van der Waals surface area contributed by atoms with Crippen LogP contribution >= 0.6 is 22.6 Å². The highest BCUT2D eigenvalue weighted by Crippen LogP contribution is 2.26. The first-order valence-corrected chi connectivity index (χ1v) is 9.86. The van der Waals surface area contributed by atoms with Gasteiger partial charge in [0, 0.05) is 6.04 Å². The lowest BCUT2D eigenvalue weighted by molar-refractivity contribution is 0.411. The van der Waals surface area contributed by atoms with E-state index in [9.17, 15) is 8.42 Å². The average Bonchev–Trinajstić information content (AvgIpc) is 2.53. The predicted molar refractivity (Wildman–Crippen MR) is 100 cm³/mol. The standard InChI is InChI=1S/C17H20INO3S/c1-4-16(13-7-5-12(2)6-8-13)19-23(20,21)14-9-10-17(22-3)15(18)11-14/h5-11,16,19H,4H2,1-3H3/t16-/m0/s1. The predicted octanol–water partition coefficient (Wildman–Crippen LogP) is 4.04. The van der Waals surface area contributed by atoms with E-state index in [1.165, 1.54) is 0 Å². The molecule has 2 aromatic rings. The lowest BCUT2D eigenvalue weighted by atomic mass is 10.0. The van der Waals surface area contributed by atoms with E-state index in [1.807, 2.05) is 38.1 Å². The lowest BCUT2D eigenvalue weighted by Crippen LogP contribution is -2.28. The Morgan fingerprint density at radius 1 is 1.17 bits per heavy atom. The van der Waals surface area contributed by atoms with Crippen LogP contribution in [0.5, 0.6) is 5.75 Å². The van der Waals surface area contributed by atoms with Gasteiger partial charge in [-0.2, -0.15) is 0 Å². The molecule has 0 bridgehead atoms. The first kappa shape index (κ1) is 18.2. The van der Waals surface area contributed by atoms with Gasteiger partial charge in [-0.3, -0.25) is 0 Å². The summed E-state index contributed by atoms with van der Waals surface area (Å²) in [5.74, 6) is 0.662. The van der Waals surface area contributed by atoms with Gasteiger partial charge in [0.15, 0.2) is 0 Å². The molecular weight excluding hydrogens is 425 g/mol. The van der Waals surface area contributed by atoms with Crippen molar-refractivity contribution < 1.29 is 13.2 Å². The molecule has 23 heavy (non-hydrogen) atoms. The second kappa shape index (κ2) is 7.63. The SMILES string of the molecule is CC[C@H](NS(=O)(=O)c1ccc(OC)c(I)c1)c1ccc(C)cc1. The Morgan fingerprint density at radius 2 is 1.83 bits per heavy atom. The molecule has 4 nitrogen and oxygen atoms in total. The summed E-state index contributed by atoms with van der Waals surface area (Å²) in [6.07, 6.45) is 0.676. The first-order chi connectivity index (χ1) is 10.9. The van der Waals surface area contributed by atoms with Crippen LogP contribution in [-0.2, 0) is 10.0 Å². The molecule has 0 aromatic heterocycles. The molecule has 0 aliphatic carbocycles. The van der Waals surface area contributed by atoms with Gasteiger partial charge in [0.2, 0.25) is 10.0 Å². The molecule has 0 saturated heterocycles. The monoisotopic (exact) mass is 445 g/mol. The van der Waals surface area contributed by atoms with Crippen LogP contribution in [0.25, 0.3) is 0 Å². The average molecular weight is 445 g/mol. The highest BCUT2D eigenvalue weighted by Gasteiger charge is 2.21. The molecule has 1 N–H and O–H groups in total. The summed E-state index contributed by atoms with van der Waals surface area (Å²) in [7, 11) is -2.02.